The normalized spacial score (nSPS) is 21.0. The summed E-state index contributed by atoms with van der Waals surface area (Å²) < 4.78 is 10.2. The van der Waals surface area contributed by atoms with Crippen LogP contribution in [0.15, 0.2) is 60.7 Å². The van der Waals surface area contributed by atoms with Gasteiger partial charge in [0.05, 0.1) is 38.6 Å². The zero-order chi connectivity index (χ0) is 23.8. The quantitative estimate of drug-likeness (QED) is 0.570. The zero-order valence-electron chi connectivity index (χ0n) is 19.9. The van der Waals surface area contributed by atoms with Gasteiger partial charge in [0.15, 0.2) is 0 Å². The average molecular weight is 482 g/mol. The summed E-state index contributed by atoms with van der Waals surface area (Å²) in [5.74, 6) is 0. The molecule has 2 saturated heterocycles. The molecular formula is C28H35NO4S. The molecule has 2 aromatic carbocycles. The molecule has 182 valence electrons. The summed E-state index contributed by atoms with van der Waals surface area (Å²) in [6.45, 7) is 7.72. The highest BCUT2D eigenvalue weighted by atomic mass is 32.1. The number of aliphatic hydroxyl groups excluding tert-OH is 2. The predicted molar refractivity (Wildman–Crippen MR) is 137 cm³/mol. The number of hydrogen-bond donors (Lipinski definition) is 2. The first-order valence-electron chi connectivity index (χ1n) is 12.0. The topological polar surface area (TPSA) is 62.2 Å². The molecule has 5 nitrogen and oxygen atoms in total. The molecule has 2 unspecified atom stereocenters. The van der Waals surface area contributed by atoms with Crippen LogP contribution < -0.4 is 0 Å². The van der Waals surface area contributed by atoms with Gasteiger partial charge >= 0.3 is 0 Å². The van der Waals surface area contributed by atoms with Gasteiger partial charge in [0.1, 0.15) is 0 Å². The van der Waals surface area contributed by atoms with Crippen LogP contribution in [0.1, 0.15) is 28.0 Å². The van der Waals surface area contributed by atoms with Crippen LogP contribution >= 0.6 is 11.3 Å². The van der Waals surface area contributed by atoms with Crippen molar-refractivity contribution in [1.82, 2.24) is 4.90 Å². The van der Waals surface area contributed by atoms with E-state index in [9.17, 15) is 0 Å². The third-order valence-corrected chi connectivity index (χ3v) is 7.31. The maximum Gasteiger partial charge on any atom is 0.0799 e. The largest absolute Gasteiger partial charge is 0.391 e. The van der Waals surface area contributed by atoms with Gasteiger partial charge in [-0.3, -0.25) is 4.90 Å². The Balaban J connectivity index is 0.000000291. The molecule has 2 fully saturated rings. The van der Waals surface area contributed by atoms with E-state index in [1.165, 1.54) is 32.0 Å². The highest BCUT2D eigenvalue weighted by Gasteiger charge is 2.17. The highest BCUT2D eigenvalue weighted by molar-refractivity contribution is 7.15. The van der Waals surface area contributed by atoms with Crippen molar-refractivity contribution >= 4 is 11.3 Å². The summed E-state index contributed by atoms with van der Waals surface area (Å²) in [7, 11) is 0. The van der Waals surface area contributed by atoms with Crippen LogP contribution in [-0.4, -0.2) is 66.8 Å². The Morgan fingerprint density at radius 1 is 0.912 bits per heavy atom. The molecule has 0 radical (unpaired) electrons. The lowest BCUT2D eigenvalue weighted by Gasteiger charge is -2.26. The van der Waals surface area contributed by atoms with Crippen LogP contribution in [0, 0.1) is 6.92 Å². The van der Waals surface area contributed by atoms with Gasteiger partial charge in [-0.1, -0.05) is 42.5 Å². The van der Waals surface area contributed by atoms with E-state index in [4.69, 9.17) is 19.7 Å². The molecule has 0 bridgehead atoms. The number of morpholine rings is 1. The first-order chi connectivity index (χ1) is 16.6. The number of nitrogens with zero attached hydrogens (tertiary/aromatic N) is 1. The summed E-state index contributed by atoms with van der Waals surface area (Å²) in [6.07, 6.45) is 0.558. The maximum atomic E-state index is 8.79. The smallest absolute Gasteiger partial charge is 0.0799 e. The second-order valence-corrected chi connectivity index (χ2v) is 10.2. The first-order valence-corrected chi connectivity index (χ1v) is 12.8. The minimum absolute atomic E-state index is 0.372. The van der Waals surface area contributed by atoms with Crippen molar-refractivity contribution in [2.24, 2.45) is 0 Å². The van der Waals surface area contributed by atoms with Gasteiger partial charge in [-0.2, -0.15) is 0 Å². The van der Waals surface area contributed by atoms with E-state index in [0.29, 0.717) is 19.6 Å². The van der Waals surface area contributed by atoms with E-state index in [-0.39, 0.29) is 0 Å². The Labute approximate surface area is 206 Å². The van der Waals surface area contributed by atoms with Gasteiger partial charge in [0, 0.05) is 42.2 Å². The molecular weight excluding hydrogens is 446 g/mol. The number of thiophene rings is 1. The predicted octanol–water partition coefficient (Wildman–Crippen LogP) is 4.28. The third-order valence-electron chi connectivity index (χ3n) is 6.17. The van der Waals surface area contributed by atoms with Crippen molar-refractivity contribution in [2.45, 2.75) is 38.5 Å². The lowest BCUT2D eigenvalue weighted by atomic mass is 10.1. The number of ether oxygens (including phenoxy) is 2. The summed E-state index contributed by atoms with van der Waals surface area (Å²) in [5.41, 5.74) is 5.51. The number of aryl methyl sites for hydroxylation is 1. The Morgan fingerprint density at radius 3 is 2.38 bits per heavy atom. The van der Waals surface area contributed by atoms with Crippen LogP contribution in [0.25, 0.3) is 10.4 Å². The van der Waals surface area contributed by atoms with E-state index < -0.39 is 12.2 Å². The molecule has 3 aromatic rings. The molecule has 3 heterocycles. The molecule has 0 amide bonds. The highest BCUT2D eigenvalue weighted by Crippen LogP contribution is 2.30. The molecule has 1 aromatic heterocycles. The molecule has 2 aliphatic rings. The first kappa shape index (κ1) is 25.0. The number of benzene rings is 2. The Kier molecular flexibility index (Phi) is 9.27. The van der Waals surface area contributed by atoms with E-state index >= 15 is 0 Å². The fourth-order valence-electron chi connectivity index (χ4n) is 4.25. The molecule has 0 aliphatic carbocycles. The van der Waals surface area contributed by atoms with Crippen LogP contribution in [0.4, 0.5) is 0 Å². The fourth-order valence-corrected chi connectivity index (χ4v) is 5.28. The van der Waals surface area contributed by atoms with Crippen LogP contribution in [0.5, 0.6) is 0 Å². The fraction of sp³-hybridized carbons (Fsp3) is 0.429. The molecule has 2 N–H and O–H groups in total. The van der Waals surface area contributed by atoms with Gasteiger partial charge in [-0.25, -0.2) is 0 Å². The monoisotopic (exact) mass is 481 g/mol. The molecule has 0 saturated carbocycles. The van der Waals surface area contributed by atoms with E-state index in [0.717, 1.165) is 39.3 Å². The zero-order valence-corrected chi connectivity index (χ0v) is 20.7. The van der Waals surface area contributed by atoms with Gasteiger partial charge in [-0.15, -0.1) is 11.3 Å². The number of hydrogen-bond acceptors (Lipinski definition) is 6. The molecule has 2 atom stereocenters. The van der Waals surface area contributed by atoms with Crippen molar-refractivity contribution in [3.05, 3.63) is 82.2 Å². The van der Waals surface area contributed by atoms with Crippen molar-refractivity contribution in [1.29, 1.82) is 0 Å². The van der Waals surface area contributed by atoms with Crippen LogP contribution in [-0.2, 0) is 22.4 Å². The lowest BCUT2D eigenvalue weighted by molar-refractivity contribution is -0.0714. The van der Waals surface area contributed by atoms with Gasteiger partial charge in [0.2, 0.25) is 0 Å². The maximum absolute atomic E-state index is 8.79. The Hall–Kier alpha value is -2.06. The van der Waals surface area contributed by atoms with E-state index in [1.54, 1.807) is 0 Å². The van der Waals surface area contributed by atoms with E-state index in [1.807, 2.05) is 11.3 Å². The summed E-state index contributed by atoms with van der Waals surface area (Å²) in [5, 5.41) is 17.6. The second kappa shape index (κ2) is 12.6. The van der Waals surface area contributed by atoms with Crippen LogP contribution in [0.2, 0.25) is 0 Å². The summed E-state index contributed by atoms with van der Waals surface area (Å²) >= 11 is 1.91. The minimum atomic E-state index is -0.459. The molecule has 2 aliphatic heterocycles. The van der Waals surface area contributed by atoms with Crippen molar-refractivity contribution in [2.75, 3.05) is 39.5 Å². The van der Waals surface area contributed by atoms with Gasteiger partial charge < -0.3 is 19.7 Å². The summed E-state index contributed by atoms with van der Waals surface area (Å²) in [4.78, 5) is 5.26. The molecule has 34 heavy (non-hydrogen) atoms. The number of rotatable bonds is 5. The lowest BCUT2D eigenvalue weighted by Crippen LogP contribution is -2.35. The SMILES string of the molecule is Cc1ccccc1Cc1ccc(-c2cccc(CN3CCOCC3)c2)s1.OC1COCC(O)C1. The Morgan fingerprint density at radius 2 is 1.68 bits per heavy atom. The molecule has 5 rings (SSSR count). The van der Waals surface area contributed by atoms with Gasteiger partial charge in [0.25, 0.3) is 0 Å². The summed E-state index contributed by atoms with van der Waals surface area (Å²) in [6, 6.07) is 22.2. The standard InChI is InChI=1S/C23H25NOS.C5H10O3/c1-18-5-2-3-7-20(18)16-22-9-10-23(26-22)21-8-4-6-19(15-21)17-24-11-13-25-14-12-24;6-4-1-5(7)3-8-2-4/h2-10,15H,11-14,16-17H2,1H3;4-7H,1-3H2. The van der Waals surface area contributed by atoms with E-state index in [2.05, 4.69) is 72.5 Å². The average Bonchev–Trinajstić information content (AvgIpc) is 3.30. The Bertz CT molecular complexity index is 1020. The molecule has 6 heteroatoms. The van der Waals surface area contributed by atoms with Gasteiger partial charge in [-0.05, 0) is 47.4 Å². The van der Waals surface area contributed by atoms with Crippen molar-refractivity contribution < 1.29 is 19.7 Å². The second-order valence-electron chi connectivity index (χ2n) is 9.04. The third kappa shape index (κ3) is 7.47. The molecule has 0 spiro atoms. The minimum Gasteiger partial charge on any atom is -0.391 e. The van der Waals surface area contributed by atoms with Crippen molar-refractivity contribution in [3.63, 3.8) is 0 Å². The van der Waals surface area contributed by atoms with Crippen molar-refractivity contribution in [3.8, 4) is 10.4 Å². The number of aliphatic hydroxyl groups is 2. The van der Waals surface area contributed by atoms with Crippen LogP contribution in [0.3, 0.4) is 0 Å².